The van der Waals surface area contributed by atoms with Gasteiger partial charge in [-0.05, 0) is 61.0 Å². The monoisotopic (exact) mass is 368 g/mol. The van der Waals surface area contributed by atoms with Gasteiger partial charge in [0.15, 0.2) is 0 Å². The van der Waals surface area contributed by atoms with Gasteiger partial charge in [-0.2, -0.15) is 0 Å². The fraction of sp³-hybridized carbons (Fsp3) is 0.0833. The summed E-state index contributed by atoms with van der Waals surface area (Å²) in [5, 5.41) is 3.91. The Balaban J connectivity index is 1.42. The Morgan fingerprint density at radius 1 is 0.929 bits per heavy atom. The molecule has 1 aromatic heterocycles. The Kier molecular flexibility index (Phi) is 5.02. The predicted molar refractivity (Wildman–Crippen MR) is 111 cm³/mol. The summed E-state index contributed by atoms with van der Waals surface area (Å²) in [5.41, 5.74) is 3.65. The summed E-state index contributed by atoms with van der Waals surface area (Å²) in [6.45, 7) is 2.47. The first-order chi connectivity index (χ1) is 13.7. The fourth-order valence-electron chi connectivity index (χ4n) is 2.96. The minimum absolute atomic E-state index is 0.115. The first-order valence-electron chi connectivity index (χ1n) is 9.14. The molecule has 0 unspecified atom stereocenters. The van der Waals surface area contributed by atoms with E-state index in [1.165, 1.54) is 5.56 Å². The molecular weight excluding hydrogens is 348 g/mol. The zero-order chi connectivity index (χ0) is 19.3. The van der Waals surface area contributed by atoms with E-state index in [2.05, 4.69) is 10.3 Å². The minimum Gasteiger partial charge on any atom is -0.457 e. The van der Waals surface area contributed by atoms with Crippen molar-refractivity contribution in [3.8, 4) is 11.5 Å². The second-order valence-electron chi connectivity index (χ2n) is 6.66. The smallest absolute Gasteiger partial charge is 0.251 e. The van der Waals surface area contributed by atoms with Gasteiger partial charge < -0.3 is 10.1 Å². The summed E-state index contributed by atoms with van der Waals surface area (Å²) in [5.74, 6) is 1.42. The molecule has 1 amide bonds. The highest BCUT2D eigenvalue weighted by Crippen LogP contribution is 2.22. The van der Waals surface area contributed by atoms with E-state index in [9.17, 15) is 4.79 Å². The van der Waals surface area contributed by atoms with Crippen LogP contribution in [0.2, 0.25) is 0 Å². The van der Waals surface area contributed by atoms with Gasteiger partial charge >= 0.3 is 0 Å². The van der Waals surface area contributed by atoms with Crippen molar-refractivity contribution in [3.63, 3.8) is 0 Å². The number of aryl methyl sites for hydroxylation is 1. The first kappa shape index (κ1) is 17.7. The van der Waals surface area contributed by atoms with Crippen LogP contribution in [0.4, 0.5) is 0 Å². The second kappa shape index (κ2) is 7.92. The summed E-state index contributed by atoms with van der Waals surface area (Å²) in [6, 6.07) is 25.0. The maximum absolute atomic E-state index is 12.5. The molecule has 0 aliphatic rings. The van der Waals surface area contributed by atoms with Crippen molar-refractivity contribution in [2.75, 3.05) is 0 Å². The van der Waals surface area contributed by atoms with Crippen LogP contribution in [-0.4, -0.2) is 10.9 Å². The van der Waals surface area contributed by atoms with Gasteiger partial charge in [0.2, 0.25) is 0 Å². The molecule has 28 heavy (non-hydrogen) atoms. The van der Waals surface area contributed by atoms with Crippen molar-refractivity contribution >= 4 is 16.8 Å². The summed E-state index contributed by atoms with van der Waals surface area (Å²) >= 11 is 0. The van der Waals surface area contributed by atoms with Crippen LogP contribution >= 0.6 is 0 Å². The van der Waals surface area contributed by atoms with Crippen LogP contribution in [0.15, 0.2) is 85.1 Å². The molecule has 0 spiro atoms. The Labute approximate surface area is 163 Å². The Morgan fingerprint density at radius 3 is 2.64 bits per heavy atom. The lowest BCUT2D eigenvalue weighted by Crippen LogP contribution is -2.22. The average molecular weight is 368 g/mol. The second-order valence-corrected chi connectivity index (χ2v) is 6.66. The summed E-state index contributed by atoms with van der Waals surface area (Å²) in [6.07, 6.45) is 1.74. The zero-order valence-electron chi connectivity index (χ0n) is 15.6. The largest absolute Gasteiger partial charge is 0.457 e. The Bertz CT molecular complexity index is 1120. The molecule has 3 aromatic carbocycles. The van der Waals surface area contributed by atoms with E-state index in [0.29, 0.717) is 12.1 Å². The molecule has 4 heteroatoms. The maximum atomic E-state index is 12.5. The number of aromatic nitrogens is 1. The number of carbonyl (C=O) groups is 1. The highest BCUT2D eigenvalue weighted by atomic mass is 16.5. The highest BCUT2D eigenvalue weighted by Gasteiger charge is 2.07. The number of nitrogens with zero attached hydrogens (tertiary/aromatic N) is 1. The van der Waals surface area contributed by atoms with Crippen molar-refractivity contribution in [1.29, 1.82) is 0 Å². The van der Waals surface area contributed by atoms with E-state index in [0.717, 1.165) is 28.0 Å². The van der Waals surface area contributed by atoms with E-state index < -0.39 is 0 Å². The molecule has 1 heterocycles. The van der Waals surface area contributed by atoms with E-state index >= 15 is 0 Å². The van der Waals surface area contributed by atoms with E-state index in [-0.39, 0.29) is 5.91 Å². The number of amides is 1. The number of nitrogens with one attached hydrogen (secondary N) is 1. The SMILES string of the molecule is Cc1ccc(Oc2cccc(CNC(=O)c3ccc4ncccc4c3)c2)cc1. The number of hydrogen-bond donors (Lipinski definition) is 1. The van der Waals surface area contributed by atoms with Crippen molar-refractivity contribution in [2.45, 2.75) is 13.5 Å². The molecule has 4 aromatic rings. The van der Waals surface area contributed by atoms with Crippen LogP contribution in [0.5, 0.6) is 11.5 Å². The molecule has 0 bridgehead atoms. The van der Waals surface area contributed by atoms with E-state index in [1.54, 1.807) is 12.3 Å². The molecule has 4 rings (SSSR count). The van der Waals surface area contributed by atoms with Gasteiger partial charge in [-0.3, -0.25) is 9.78 Å². The minimum atomic E-state index is -0.115. The van der Waals surface area contributed by atoms with E-state index in [4.69, 9.17) is 4.74 Å². The summed E-state index contributed by atoms with van der Waals surface area (Å²) < 4.78 is 5.89. The van der Waals surface area contributed by atoms with Gasteiger partial charge in [-0.25, -0.2) is 0 Å². The number of fused-ring (bicyclic) bond motifs is 1. The molecule has 0 radical (unpaired) electrons. The fourth-order valence-corrected chi connectivity index (χ4v) is 2.96. The summed E-state index contributed by atoms with van der Waals surface area (Å²) in [4.78, 5) is 16.8. The lowest BCUT2D eigenvalue weighted by atomic mass is 10.1. The maximum Gasteiger partial charge on any atom is 0.251 e. The molecule has 0 saturated carbocycles. The average Bonchev–Trinajstić information content (AvgIpc) is 2.73. The van der Waals surface area contributed by atoms with Crippen LogP contribution in [0.3, 0.4) is 0 Å². The number of hydrogen-bond acceptors (Lipinski definition) is 3. The standard InChI is InChI=1S/C24H20N2O2/c1-17-7-10-21(11-8-17)28-22-6-2-4-18(14-22)16-26-24(27)20-9-12-23-19(15-20)5-3-13-25-23/h2-15H,16H2,1H3,(H,26,27). The molecule has 0 aliphatic carbocycles. The van der Waals surface area contributed by atoms with Gasteiger partial charge in [0.25, 0.3) is 5.91 Å². The quantitative estimate of drug-likeness (QED) is 0.522. The van der Waals surface area contributed by atoms with Crippen molar-refractivity contribution in [1.82, 2.24) is 10.3 Å². The molecule has 4 nitrogen and oxygen atoms in total. The highest BCUT2D eigenvalue weighted by molar-refractivity contribution is 5.97. The van der Waals surface area contributed by atoms with Crippen LogP contribution in [-0.2, 0) is 6.54 Å². The topological polar surface area (TPSA) is 51.2 Å². The summed E-state index contributed by atoms with van der Waals surface area (Å²) in [7, 11) is 0. The molecular formula is C24H20N2O2. The first-order valence-corrected chi connectivity index (χ1v) is 9.14. The third-order valence-electron chi connectivity index (χ3n) is 4.47. The van der Waals surface area contributed by atoms with Gasteiger partial charge in [-0.1, -0.05) is 35.9 Å². The van der Waals surface area contributed by atoms with Gasteiger partial charge in [0, 0.05) is 23.7 Å². The predicted octanol–water partition coefficient (Wildman–Crippen LogP) is 5.27. The number of rotatable bonds is 5. The molecule has 0 aliphatic heterocycles. The van der Waals surface area contributed by atoms with Gasteiger partial charge in [0.05, 0.1) is 5.52 Å². The molecule has 0 atom stereocenters. The van der Waals surface area contributed by atoms with Crippen LogP contribution < -0.4 is 10.1 Å². The Hall–Kier alpha value is -3.66. The van der Waals surface area contributed by atoms with Crippen LogP contribution in [0.1, 0.15) is 21.5 Å². The zero-order valence-corrected chi connectivity index (χ0v) is 15.6. The lowest BCUT2D eigenvalue weighted by molar-refractivity contribution is 0.0951. The number of ether oxygens (including phenoxy) is 1. The van der Waals surface area contributed by atoms with Crippen molar-refractivity contribution in [2.24, 2.45) is 0 Å². The van der Waals surface area contributed by atoms with Crippen LogP contribution in [0.25, 0.3) is 10.9 Å². The van der Waals surface area contributed by atoms with Crippen LogP contribution in [0, 0.1) is 6.92 Å². The van der Waals surface area contributed by atoms with Gasteiger partial charge in [-0.15, -0.1) is 0 Å². The third kappa shape index (κ3) is 4.18. The molecule has 1 N–H and O–H groups in total. The molecule has 0 saturated heterocycles. The van der Waals surface area contributed by atoms with Crippen molar-refractivity contribution < 1.29 is 9.53 Å². The molecule has 138 valence electrons. The number of benzene rings is 3. The van der Waals surface area contributed by atoms with Crippen molar-refractivity contribution in [3.05, 3.63) is 102 Å². The third-order valence-corrected chi connectivity index (χ3v) is 4.47. The lowest BCUT2D eigenvalue weighted by Gasteiger charge is -2.09. The number of carbonyl (C=O) groups excluding carboxylic acids is 1. The Morgan fingerprint density at radius 2 is 1.79 bits per heavy atom. The van der Waals surface area contributed by atoms with Gasteiger partial charge in [0.1, 0.15) is 11.5 Å². The number of pyridine rings is 1. The van der Waals surface area contributed by atoms with E-state index in [1.807, 2.05) is 79.7 Å². The normalized spacial score (nSPS) is 10.6. The molecule has 0 fully saturated rings.